The minimum atomic E-state index is 0.580. The molecule has 0 aliphatic carbocycles. The van der Waals surface area contributed by atoms with Crippen LogP contribution in [0.1, 0.15) is 18.1 Å². The van der Waals surface area contributed by atoms with Gasteiger partial charge in [0.2, 0.25) is 0 Å². The molecule has 2 aromatic carbocycles. The summed E-state index contributed by atoms with van der Waals surface area (Å²) in [5, 5.41) is 4.26. The predicted octanol–water partition coefficient (Wildman–Crippen LogP) is 4.75. The minimum Gasteiger partial charge on any atom is -0.493 e. The highest BCUT2D eigenvalue weighted by atomic mass is 79.9. The fourth-order valence-electron chi connectivity index (χ4n) is 2.18. The Hall–Kier alpha value is -1.73. The molecule has 0 radical (unpaired) electrons. The van der Waals surface area contributed by atoms with Gasteiger partial charge >= 0.3 is 0 Å². The summed E-state index contributed by atoms with van der Waals surface area (Å²) in [4.78, 5) is 0. The molecule has 0 amide bonds. The molecule has 5 nitrogen and oxygen atoms in total. The molecule has 0 atom stereocenters. The van der Waals surface area contributed by atoms with Gasteiger partial charge < -0.3 is 19.6 Å². The Morgan fingerprint density at radius 3 is 2.32 bits per heavy atom. The third-order valence-electron chi connectivity index (χ3n) is 3.35. The van der Waals surface area contributed by atoms with Gasteiger partial charge in [0.05, 0.1) is 42.5 Å². The van der Waals surface area contributed by atoms with Crippen LogP contribution in [-0.2, 0) is 6.54 Å². The van der Waals surface area contributed by atoms with E-state index in [1.165, 1.54) is 0 Å². The van der Waals surface area contributed by atoms with Crippen LogP contribution in [0.25, 0.3) is 0 Å². The van der Waals surface area contributed by atoms with Crippen molar-refractivity contribution in [2.45, 2.75) is 13.5 Å². The fraction of sp³-hybridized carbons (Fsp3) is 0.278. The molecule has 0 saturated carbocycles. The Bertz CT molecular complexity index is 728. The van der Waals surface area contributed by atoms with Crippen LogP contribution in [0, 0.1) is 0 Å². The number of methoxy groups -OCH3 is 2. The van der Waals surface area contributed by atoms with E-state index in [1.54, 1.807) is 20.4 Å². The third kappa shape index (κ3) is 5.37. The molecule has 0 spiro atoms. The van der Waals surface area contributed by atoms with Crippen LogP contribution in [0.5, 0.6) is 17.2 Å². The Kier molecular flexibility index (Phi) is 7.58. The lowest BCUT2D eigenvalue weighted by Gasteiger charge is -2.10. The highest BCUT2D eigenvalue weighted by Gasteiger charge is 2.07. The molecule has 0 saturated heterocycles. The van der Waals surface area contributed by atoms with E-state index in [0.29, 0.717) is 24.7 Å². The maximum atomic E-state index is 5.57. The highest BCUT2D eigenvalue weighted by Crippen LogP contribution is 2.34. The molecule has 7 heteroatoms. The van der Waals surface area contributed by atoms with Crippen molar-refractivity contribution in [3.05, 3.63) is 50.4 Å². The average Bonchev–Trinajstić information content (AvgIpc) is 2.61. The largest absolute Gasteiger partial charge is 0.493 e. The molecule has 134 valence electrons. The second kappa shape index (κ2) is 9.68. The van der Waals surface area contributed by atoms with Crippen molar-refractivity contribution in [3.8, 4) is 17.2 Å². The van der Waals surface area contributed by atoms with Gasteiger partial charge in [0, 0.05) is 0 Å². The summed E-state index contributed by atoms with van der Waals surface area (Å²) in [6, 6.07) is 9.67. The first kappa shape index (κ1) is 19.6. The van der Waals surface area contributed by atoms with Crippen LogP contribution in [0.15, 0.2) is 44.4 Å². The number of benzene rings is 2. The van der Waals surface area contributed by atoms with E-state index >= 15 is 0 Å². The summed E-state index contributed by atoms with van der Waals surface area (Å²) < 4.78 is 17.9. The SMILES string of the molecule is CCOc1c(Br)cc(/C=N/NCc2ccc(OC)c(OC)c2)cc1Br. The zero-order chi connectivity index (χ0) is 18.2. The van der Waals surface area contributed by atoms with E-state index in [9.17, 15) is 0 Å². The minimum absolute atomic E-state index is 0.580. The number of hydrazone groups is 1. The summed E-state index contributed by atoms with van der Waals surface area (Å²) in [5.41, 5.74) is 5.02. The van der Waals surface area contributed by atoms with Gasteiger partial charge in [-0.15, -0.1) is 0 Å². The molecule has 25 heavy (non-hydrogen) atoms. The van der Waals surface area contributed by atoms with Crippen LogP contribution >= 0.6 is 31.9 Å². The molecular weight excluding hydrogens is 452 g/mol. The normalized spacial score (nSPS) is 10.8. The van der Waals surface area contributed by atoms with Gasteiger partial charge in [-0.05, 0) is 74.2 Å². The third-order valence-corrected chi connectivity index (χ3v) is 4.52. The number of nitrogens with zero attached hydrogens (tertiary/aromatic N) is 1. The Morgan fingerprint density at radius 1 is 1.04 bits per heavy atom. The Labute approximate surface area is 164 Å². The molecule has 0 aliphatic heterocycles. The second-order valence-electron chi connectivity index (χ2n) is 5.03. The highest BCUT2D eigenvalue weighted by molar-refractivity contribution is 9.11. The standard InChI is InChI=1S/C18H20Br2N2O3/c1-4-25-18-14(19)7-13(8-15(18)20)11-22-21-10-12-5-6-16(23-2)17(9-12)24-3/h5-9,11,21H,4,10H2,1-3H3/b22-11+. The lowest BCUT2D eigenvalue weighted by molar-refractivity contribution is 0.336. The maximum absolute atomic E-state index is 5.57. The zero-order valence-electron chi connectivity index (χ0n) is 14.3. The van der Waals surface area contributed by atoms with E-state index in [-0.39, 0.29) is 0 Å². The average molecular weight is 472 g/mol. The van der Waals surface area contributed by atoms with Crippen LogP contribution in [0.4, 0.5) is 0 Å². The van der Waals surface area contributed by atoms with Crippen LogP contribution in [0.2, 0.25) is 0 Å². The number of rotatable bonds is 8. The van der Waals surface area contributed by atoms with E-state index in [2.05, 4.69) is 42.4 Å². The van der Waals surface area contributed by atoms with Gasteiger partial charge in [0.15, 0.2) is 11.5 Å². The van der Waals surface area contributed by atoms with Crippen LogP contribution in [-0.4, -0.2) is 27.0 Å². The van der Waals surface area contributed by atoms with Gasteiger partial charge in [-0.1, -0.05) is 6.07 Å². The predicted molar refractivity (Wildman–Crippen MR) is 107 cm³/mol. The van der Waals surface area contributed by atoms with Gasteiger partial charge in [-0.3, -0.25) is 0 Å². The number of hydrogen-bond acceptors (Lipinski definition) is 5. The van der Waals surface area contributed by atoms with Crippen molar-refractivity contribution in [3.63, 3.8) is 0 Å². The lowest BCUT2D eigenvalue weighted by atomic mass is 10.2. The Balaban J connectivity index is 2.00. The monoisotopic (exact) mass is 470 g/mol. The van der Waals surface area contributed by atoms with E-state index in [1.807, 2.05) is 37.3 Å². The lowest BCUT2D eigenvalue weighted by Crippen LogP contribution is -2.06. The summed E-state index contributed by atoms with van der Waals surface area (Å²) in [7, 11) is 3.24. The van der Waals surface area contributed by atoms with Gasteiger partial charge in [-0.25, -0.2) is 0 Å². The first-order valence-corrected chi connectivity index (χ1v) is 9.26. The van der Waals surface area contributed by atoms with Crippen molar-refractivity contribution in [1.82, 2.24) is 5.43 Å². The molecule has 0 aromatic heterocycles. The van der Waals surface area contributed by atoms with Crippen molar-refractivity contribution in [1.29, 1.82) is 0 Å². The number of halogens is 2. The number of hydrogen-bond donors (Lipinski definition) is 1. The van der Waals surface area contributed by atoms with E-state index in [4.69, 9.17) is 14.2 Å². The van der Waals surface area contributed by atoms with Crippen molar-refractivity contribution >= 4 is 38.1 Å². The van der Waals surface area contributed by atoms with Gasteiger partial charge in [-0.2, -0.15) is 5.10 Å². The Morgan fingerprint density at radius 2 is 1.72 bits per heavy atom. The molecule has 0 bridgehead atoms. The zero-order valence-corrected chi connectivity index (χ0v) is 17.5. The first-order valence-electron chi connectivity index (χ1n) is 7.67. The first-order chi connectivity index (χ1) is 12.1. The van der Waals surface area contributed by atoms with E-state index in [0.717, 1.165) is 25.8 Å². The maximum Gasteiger partial charge on any atom is 0.161 e. The second-order valence-corrected chi connectivity index (χ2v) is 6.74. The van der Waals surface area contributed by atoms with Gasteiger partial charge in [0.25, 0.3) is 0 Å². The topological polar surface area (TPSA) is 52.1 Å². The fourth-order valence-corrected chi connectivity index (χ4v) is 3.63. The summed E-state index contributed by atoms with van der Waals surface area (Å²) in [6.07, 6.45) is 1.76. The van der Waals surface area contributed by atoms with Crippen molar-refractivity contribution < 1.29 is 14.2 Å². The molecule has 0 unspecified atom stereocenters. The molecule has 2 aromatic rings. The molecular formula is C18H20Br2N2O3. The van der Waals surface area contributed by atoms with Crippen molar-refractivity contribution in [2.24, 2.45) is 5.10 Å². The summed E-state index contributed by atoms with van der Waals surface area (Å²) >= 11 is 7.02. The molecule has 1 N–H and O–H groups in total. The number of nitrogens with one attached hydrogen (secondary N) is 1. The quantitative estimate of drug-likeness (QED) is 0.445. The van der Waals surface area contributed by atoms with Crippen molar-refractivity contribution in [2.75, 3.05) is 20.8 Å². The smallest absolute Gasteiger partial charge is 0.161 e. The van der Waals surface area contributed by atoms with Crippen LogP contribution < -0.4 is 19.6 Å². The van der Waals surface area contributed by atoms with Crippen LogP contribution in [0.3, 0.4) is 0 Å². The number of ether oxygens (including phenoxy) is 3. The van der Waals surface area contributed by atoms with E-state index < -0.39 is 0 Å². The molecule has 0 aliphatic rings. The molecule has 0 fully saturated rings. The molecule has 0 heterocycles. The van der Waals surface area contributed by atoms with Gasteiger partial charge in [0.1, 0.15) is 5.75 Å². The summed E-state index contributed by atoms with van der Waals surface area (Å²) in [6.45, 7) is 3.14. The summed E-state index contributed by atoms with van der Waals surface area (Å²) in [5.74, 6) is 2.20. The molecule has 2 rings (SSSR count).